The maximum Gasteiger partial charge on any atom is 0.250 e. The molecule has 0 aromatic rings. The second-order valence-corrected chi connectivity index (χ2v) is 4.56. The molecule has 0 aliphatic heterocycles. The molecule has 80 valence electrons. The molecule has 0 fully saturated rings. The van der Waals surface area contributed by atoms with Crippen LogP contribution in [0.1, 0.15) is 53.9 Å². The molecule has 0 radical (unpaired) electrons. The minimum Gasteiger partial charge on any atom is -0.207 e. The van der Waals surface area contributed by atoms with Crippen LogP contribution in [0.3, 0.4) is 0 Å². The first kappa shape index (κ1) is 12.9. The van der Waals surface area contributed by atoms with Gasteiger partial charge in [0.15, 0.2) is 0 Å². The van der Waals surface area contributed by atoms with Gasteiger partial charge in [0.2, 0.25) is 0 Å². The molecule has 0 saturated heterocycles. The van der Waals surface area contributed by atoms with Gasteiger partial charge in [0, 0.05) is 5.41 Å². The Balaban J connectivity index is 4.54. The maximum absolute atomic E-state index is 13.3. The summed E-state index contributed by atoms with van der Waals surface area (Å²) in [6.45, 7) is 8.55. The standard InChI is InChI=1S/C11H22F2/c1-6-7-8-10(4,9(2)3)11(5,12)13/h9H,6-8H2,1-5H3. The van der Waals surface area contributed by atoms with Crippen LogP contribution in [-0.4, -0.2) is 5.92 Å². The van der Waals surface area contributed by atoms with Crippen molar-refractivity contribution in [2.45, 2.75) is 59.8 Å². The molecule has 0 bridgehead atoms. The summed E-state index contributed by atoms with van der Waals surface area (Å²) in [4.78, 5) is 0. The van der Waals surface area contributed by atoms with Crippen molar-refractivity contribution >= 4 is 0 Å². The molecule has 2 heteroatoms. The van der Waals surface area contributed by atoms with Gasteiger partial charge in [-0.05, 0) is 19.3 Å². The summed E-state index contributed by atoms with van der Waals surface area (Å²) in [5, 5.41) is 0. The lowest BCUT2D eigenvalue weighted by molar-refractivity contribution is -0.126. The number of hydrogen-bond donors (Lipinski definition) is 0. The minimum absolute atomic E-state index is 0.0269. The fraction of sp³-hybridized carbons (Fsp3) is 1.00. The van der Waals surface area contributed by atoms with Gasteiger partial charge in [0.25, 0.3) is 5.92 Å². The van der Waals surface area contributed by atoms with Crippen LogP contribution in [-0.2, 0) is 0 Å². The summed E-state index contributed by atoms with van der Waals surface area (Å²) in [6, 6.07) is 0. The van der Waals surface area contributed by atoms with Crippen LogP contribution in [0.4, 0.5) is 8.78 Å². The molecule has 0 aromatic carbocycles. The van der Waals surface area contributed by atoms with Gasteiger partial charge in [-0.2, -0.15) is 0 Å². The first-order valence-corrected chi connectivity index (χ1v) is 5.13. The van der Waals surface area contributed by atoms with Crippen LogP contribution >= 0.6 is 0 Å². The van der Waals surface area contributed by atoms with Gasteiger partial charge < -0.3 is 0 Å². The van der Waals surface area contributed by atoms with Crippen LogP contribution in [0.15, 0.2) is 0 Å². The number of halogens is 2. The monoisotopic (exact) mass is 192 g/mol. The summed E-state index contributed by atoms with van der Waals surface area (Å²) in [5.74, 6) is -2.55. The third kappa shape index (κ3) is 2.92. The maximum atomic E-state index is 13.3. The SMILES string of the molecule is CCCCC(C)(C(C)C)C(C)(F)F. The zero-order valence-electron chi connectivity index (χ0n) is 9.45. The lowest BCUT2D eigenvalue weighted by atomic mass is 9.71. The summed E-state index contributed by atoms with van der Waals surface area (Å²) in [7, 11) is 0. The molecule has 0 aliphatic rings. The highest BCUT2D eigenvalue weighted by atomic mass is 19.3. The van der Waals surface area contributed by atoms with Gasteiger partial charge in [-0.25, -0.2) is 8.78 Å². The van der Waals surface area contributed by atoms with E-state index in [4.69, 9.17) is 0 Å². The number of rotatable bonds is 5. The number of alkyl halides is 2. The first-order valence-electron chi connectivity index (χ1n) is 5.13. The van der Waals surface area contributed by atoms with Gasteiger partial charge in [-0.3, -0.25) is 0 Å². The van der Waals surface area contributed by atoms with E-state index in [0.717, 1.165) is 19.8 Å². The van der Waals surface area contributed by atoms with Crippen LogP contribution in [0.2, 0.25) is 0 Å². The largest absolute Gasteiger partial charge is 0.250 e. The Kier molecular flexibility index (Phi) is 4.34. The highest BCUT2D eigenvalue weighted by Crippen LogP contribution is 2.46. The van der Waals surface area contributed by atoms with Crippen molar-refractivity contribution in [2.75, 3.05) is 0 Å². The summed E-state index contributed by atoms with van der Waals surface area (Å²) in [5.41, 5.74) is -0.844. The zero-order chi connectivity index (χ0) is 10.7. The molecule has 0 saturated carbocycles. The lowest BCUT2D eigenvalue weighted by Gasteiger charge is -2.39. The van der Waals surface area contributed by atoms with Gasteiger partial charge in [0.1, 0.15) is 0 Å². The molecule has 0 rings (SSSR count). The van der Waals surface area contributed by atoms with Crippen molar-refractivity contribution in [2.24, 2.45) is 11.3 Å². The second kappa shape index (κ2) is 4.39. The van der Waals surface area contributed by atoms with Gasteiger partial charge >= 0.3 is 0 Å². The highest BCUT2D eigenvalue weighted by Gasteiger charge is 2.47. The van der Waals surface area contributed by atoms with Gasteiger partial charge in [-0.1, -0.05) is 40.5 Å². The third-order valence-corrected chi connectivity index (χ3v) is 3.33. The molecule has 0 aliphatic carbocycles. The third-order valence-electron chi connectivity index (χ3n) is 3.33. The molecule has 0 N–H and O–H groups in total. The second-order valence-electron chi connectivity index (χ2n) is 4.56. The molecular weight excluding hydrogens is 170 g/mol. The predicted octanol–water partition coefficient (Wildman–Crippen LogP) is 4.49. The summed E-state index contributed by atoms with van der Waals surface area (Å²) < 4.78 is 26.7. The van der Waals surface area contributed by atoms with Crippen molar-refractivity contribution in [3.63, 3.8) is 0 Å². The summed E-state index contributed by atoms with van der Waals surface area (Å²) in [6.07, 6.45) is 2.49. The Bertz CT molecular complexity index is 147. The molecule has 1 atom stereocenters. The number of hydrogen-bond acceptors (Lipinski definition) is 0. The predicted molar refractivity (Wildman–Crippen MR) is 53.1 cm³/mol. The fourth-order valence-corrected chi connectivity index (χ4v) is 1.56. The van der Waals surface area contributed by atoms with Gasteiger partial charge in [0.05, 0.1) is 0 Å². The Labute approximate surface area is 80.7 Å². The molecule has 0 aromatic heterocycles. The molecule has 0 amide bonds. The average Bonchev–Trinajstić information content (AvgIpc) is 1.97. The van der Waals surface area contributed by atoms with Crippen molar-refractivity contribution in [3.05, 3.63) is 0 Å². The molecular formula is C11H22F2. The van der Waals surface area contributed by atoms with Crippen molar-refractivity contribution in [1.29, 1.82) is 0 Å². The van der Waals surface area contributed by atoms with E-state index in [0.29, 0.717) is 6.42 Å². The Morgan fingerprint density at radius 2 is 1.62 bits per heavy atom. The molecule has 1 unspecified atom stereocenters. The molecule has 0 heterocycles. The summed E-state index contributed by atoms with van der Waals surface area (Å²) >= 11 is 0. The molecule has 13 heavy (non-hydrogen) atoms. The van der Waals surface area contributed by atoms with E-state index in [-0.39, 0.29) is 5.92 Å². The molecule has 0 nitrogen and oxygen atoms in total. The van der Waals surface area contributed by atoms with E-state index in [1.807, 2.05) is 20.8 Å². The van der Waals surface area contributed by atoms with Gasteiger partial charge in [-0.15, -0.1) is 0 Å². The van der Waals surface area contributed by atoms with Crippen LogP contribution in [0.25, 0.3) is 0 Å². The van der Waals surface area contributed by atoms with E-state index < -0.39 is 11.3 Å². The van der Waals surface area contributed by atoms with E-state index in [9.17, 15) is 8.78 Å². The smallest absolute Gasteiger partial charge is 0.207 e. The first-order chi connectivity index (χ1) is 5.75. The highest BCUT2D eigenvalue weighted by molar-refractivity contribution is 4.88. The fourth-order valence-electron chi connectivity index (χ4n) is 1.56. The normalized spacial score (nSPS) is 17.5. The van der Waals surface area contributed by atoms with E-state index >= 15 is 0 Å². The average molecular weight is 192 g/mol. The number of unbranched alkanes of at least 4 members (excludes halogenated alkanes) is 1. The van der Waals surface area contributed by atoms with Crippen LogP contribution < -0.4 is 0 Å². The zero-order valence-corrected chi connectivity index (χ0v) is 9.45. The van der Waals surface area contributed by atoms with E-state index in [1.54, 1.807) is 6.92 Å². The van der Waals surface area contributed by atoms with Crippen molar-refractivity contribution in [3.8, 4) is 0 Å². The van der Waals surface area contributed by atoms with Crippen molar-refractivity contribution in [1.82, 2.24) is 0 Å². The van der Waals surface area contributed by atoms with Crippen LogP contribution in [0.5, 0.6) is 0 Å². The molecule has 0 spiro atoms. The van der Waals surface area contributed by atoms with E-state index in [1.165, 1.54) is 0 Å². The Morgan fingerprint density at radius 1 is 1.15 bits per heavy atom. The lowest BCUT2D eigenvalue weighted by Crippen LogP contribution is -2.40. The Hall–Kier alpha value is -0.140. The van der Waals surface area contributed by atoms with Crippen molar-refractivity contribution < 1.29 is 8.78 Å². The minimum atomic E-state index is -2.57. The van der Waals surface area contributed by atoms with Crippen LogP contribution in [0, 0.1) is 11.3 Å². The Morgan fingerprint density at radius 3 is 1.85 bits per heavy atom. The topological polar surface area (TPSA) is 0 Å². The quantitative estimate of drug-likeness (QED) is 0.602. The van der Waals surface area contributed by atoms with E-state index in [2.05, 4.69) is 0 Å².